The molecule has 6 heteroatoms. The highest BCUT2D eigenvalue weighted by Gasteiger charge is 2.18. The summed E-state index contributed by atoms with van der Waals surface area (Å²) in [5, 5.41) is 15.2. The molecule has 0 unspecified atom stereocenters. The number of fused-ring (bicyclic) bond motifs is 1. The van der Waals surface area contributed by atoms with Crippen LogP contribution in [0.5, 0.6) is 0 Å². The van der Waals surface area contributed by atoms with E-state index in [9.17, 15) is 4.79 Å². The van der Waals surface area contributed by atoms with Gasteiger partial charge in [-0.1, -0.05) is 25.0 Å². The number of carbonyl (C=O) groups excluding carboxylic acids is 1. The first kappa shape index (κ1) is 14.8. The molecule has 0 bridgehead atoms. The fourth-order valence-corrected chi connectivity index (χ4v) is 3.30. The lowest BCUT2D eigenvalue weighted by Crippen LogP contribution is -2.15. The second kappa shape index (κ2) is 6.39. The standard InChI is InChI=1S/C18H19N5O/c24-18(11-13-3-1-2-4-13)20-15-7-5-14(6-8-15)16-9-10-17-21-19-12-23(17)22-16/h5-10,12-13H,1-4,11H2,(H,20,24). The van der Waals surface area contributed by atoms with Crippen molar-refractivity contribution in [1.82, 2.24) is 19.8 Å². The summed E-state index contributed by atoms with van der Waals surface area (Å²) < 4.78 is 1.65. The van der Waals surface area contributed by atoms with Crippen LogP contribution in [0.15, 0.2) is 42.7 Å². The van der Waals surface area contributed by atoms with Crippen molar-refractivity contribution in [1.29, 1.82) is 0 Å². The monoisotopic (exact) mass is 321 g/mol. The quantitative estimate of drug-likeness (QED) is 0.800. The summed E-state index contributed by atoms with van der Waals surface area (Å²) in [5.74, 6) is 0.669. The van der Waals surface area contributed by atoms with Crippen molar-refractivity contribution in [3.8, 4) is 11.3 Å². The molecule has 0 spiro atoms. The van der Waals surface area contributed by atoms with Crippen LogP contribution < -0.4 is 5.32 Å². The largest absolute Gasteiger partial charge is 0.326 e. The molecule has 0 saturated heterocycles. The van der Waals surface area contributed by atoms with Gasteiger partial charge >= 0.3 is 0 Å². The number of rotatable bonds is 4. The van der Waals surface area contributed by atoms with Crippen LogP contribution >= 0.6 is 0 Å². The van der Waals surface area contributed by atoms with E-state index in [1.807, 2.05) is 36.4 Å². The predicted octanol–water partition coefficient (Wildman–Crippen LogP) is 3.31. The fourth-order valence-electron chi connectivity index (χ4n) is 3.30. The molecule has 0 atom stereocenters. The van der Waals surface area contributed by atoms with E-state index in [0.717, 1.165) is 22.6 Å². The van der Waals surface area contributed by atoms with Crippen LogP contribution in [-0.4, -0.2) is 25.7 Å². The van der Waals surface area contributed by atoms with Crippen molar-refractivity contribution < 1.29 is 4.79 Å². The second-order valence-corrected chi connectivity index (χ2v) is 6.33. The van der Waals surface area contributed by atoms with Crippen molar-refractivity contribution in [2.75, 3.05) is 5.32 Å². The van der Waals surface area contributed by atoms with Gasteiger partial charge in [-0.05, 0) is 43.0 Å². The number of nitrogens with one attached hydrogen (secondary N) is 1. The molecule has 0 aliphatic heterocycles. The molecule has 1 saturated carbocycles. The van der Waals surface area contributed by atoms with Gasteiger partial charge in [-0.15, -0.1) is 10.2 Å². The molecule has 4 rings (SSSR count). The topological polar surface area (TPSA) is 72.2 Å². The molecule has 1 aliphatic carbocycles. The smallest absolute Gasteiger partial charge is 0.224 e. The molecule has 2 heterocycles. The number of anilines is 1. The van der Waals surface area contributed by atoms with E-state index >= 15 is 0 Å². The molecular weight excluding hydrogens is 302 g/mol. The minimum Gasteiger partial charge on any atom is -0.326 e. The Morgan fingerprint density at radius 2 is 1.92 bits per heavy atom. The molecule has 1 fully saturated rings. The lowest BCUT2D eigenvalue weighted by Gasteiger charge is -2.10. The van der Waals surface area contributed by atoms with E-state index in [1.165, 1.54) is 25.7 Å². The lowest BCUT2D eigenvalue weighted by atomic mass is 10.0. The minimum atomic E-state index is 0.110. The van der Waals surface area contributed by atoms with Gasteiger partial charge in [0.25, 0.3) is 0 Å². The van der Waals surface area contributed by atoms with Gasteiger partial charge in [0.15, 0.2) is 5.65 Å². The molecule has 1 N–H and O–H groups in total. The molecular formula is C18H19N5O. The summed E-state index contributed by atoms with van der Waals surface area (Å²) in [4.78, 5) is 12.1. The number of hydrogen-bond donors (Lipinski definition) is 1. The van der Waals surface area contributed by atoms with Crippen molar-refractivity contribution in [2.24, 2.45) is 5.92 Å². The molecule has 1 aliphatic rings. The molecule has 6 nitrogen and oxygen atoms in total. The van der Waals surface area contributed by atoms with Crippen LogP contribution in [0.4, 0.5) is 5.69 Å². The number of carbonyl (C=O) groups is 1. The zero-order valence-electron chi connectivity index (χ0n) is 13.4. The maximum Gasteiger partial charge on any atom is 0.224 e. The maximum atomic E-state index is 12.1. The highest BCUT2D eigenvalue weighted by molar-refractivity contribution is 5.91. The van der Waals surface area contributed by atoms with E-state index in [0.29, 0.717) is 12.3 Å². The van der Waals surface area contributed by atoms with Crippen LogP contribution in [0.3, 0.4) is 0 Å². The van der Waals surface area contributed by atoms with Crippen molar-refractivity contribution in [3.63, 3.8) is 0 Å². The van der Waals surface area contributed by atoms with Crippen LogP contribution in [-0.2, 0) is 4.79 Å². The van der Waals surface area contributed by atoms with Gasteiger partial charge in [0.05, 0.1) is 5.69 Å². The normalized spacial score (nSPS) is 15.0. The molecule has 122 valence electrons. The lowest BCUT2D eigenvalue weighted by molar-refractivity contribution is -0.117. The maximum absolute atomic E-state index is 12.1. The Kier molecular flexibility index (Phi) is 3.94. The number of nitrogens with zero attached hydrogens (tertiary/aromatic N) is 4. The van der Waals surface area contributed by atoms with Crippen molar-refractivity contribution in [2.45, 2.75) is 32.1 Å². The van der Waals surface area contributed by atoms with Crippen LogP contribution in [0, 0.1) is 5.92 Å². The van der Waals surface area contributed by atoms with Gasteiger partial charge in [-0.2, -0.15) is 9.61 Å². The number of benzene rings is 1. The van der Waals surface area contributed by atoms with Crippen LogP contribution in [0.25, 0.3) is 16.9 Å². The third kappa shape index (κ3) is 3.13. The Morgan fingerprint density at radius 3 is 2.71 bits per heavy atom. The van der Waals surface area contributed by atoms with Gasteiger partial charge in [0.2, 0.25) is 5.91 Å². The van der Waals surface area contributed by atoms with Gasteiger partial charge in [0.1, 0.15) is 6.33 Å². The van der Waals surface area contributed by atoms with E-state index in [1.54, 1.807) is 10.8 Å². The van der Waals surface area contributed by atoms with Crippen molar-refractivity contribution in [3.05, 3.63) is 42.7 Å². The number of amides is 1. The summed E-state index contributed by atoms with van der Waals surface area (Å²) in [6, 6.07) is 11.6. The Bertz CT molecular complexity index is 849. The van der Waals surface area contributed by atoms with Crippen LogP contribution in [0.2, 0.25) is 0 Å². The number of hydrogen-bond acceptors (Lipinski definition) is 4. The summed E-state index contributed by atoms with van der Waals surface area (Å²) in [6.45, 7) is 0. The van der Waals surface area contributed by atoms with E-state index in [4.69, 9.17) is 0 Å². The second-order valence-electron chi connectivity index (χ2n) is 6.33. The minimum absolute atomic E-state index is 0.110. The molecule has 3 aromatic rings. The Balaban J connectivity index is 1.44. The third-order valence-electron chi connectivity index (χ3n) is 4.57. The van der Waals surface area contributed by atoms with Crippen molar-refractivity contribution >= 4 is 17.2 Å². The Hall–Kier alpha value is -2.76. The van der Waals surface area contributed by atoms with E-state index in [2.05, 4.69) is 20.6 Å². The summed E-state index contributed by atoms with van der Waals surface area (Å²) in [7, 11) is 0. The SMILES string of the molecule is O=C(CC1CCCC1)Nc1ccc(-c2ccc3nncn3n2)cc1. The molecule has 1 amide bonds. The summed E-state index contributed by atoms with van der Waals surface area (Å²) >= 11 is 0. The number of aromatic nitrogens is 4. The third-order valence-corrected chi connectivity index (χ3v) is 4.57. The highest BCUT2D eigenvalue weighted by atomic mass is 16.1. The first-order valence-electron chi connectivity index (χ1n) is 8.35. The first-order valence-corrected chi connectivity index (χ1v) is 8.35. The summed E-state index contributed by atoms with van der Waals surface area (Å²) in [6.07, 6.45) is 7.10. The molecule has 2 aromatic heterocycles. The van der Waals surface area contributed by atoms with Gasteiger partial charge in [-0.25, -0.2) is 0 Å². The average Bonchev–Trinajstić information content (AvgIpc) is 3.26. The summed E-state index contributed by atoms with van der Waals surface area (Å²) in [5.41, 5.74) is 3.37. The van der Waals surface area contributed by atoms with Gasteiger partial charge in [-0.3, -0.25) is 4.79 Å². The fraction of sp³-hybridized carbons (Fsp3) is 0.333. The first-order chi connectivity index (χ1) is 11.8. The average molecular weight is 321 g/mol. The Labute approximate surface area is 139 Å². The van der Waals surface area contributed by atoms with Gasteiger partial charge < -0.3 is 5.32 Å². The van der Waals surface area contributed by atoms with E-state index in [-0.39, 0.29) is 5.91 Å². The van der Waals surface area contributed by atoms with Crippen LogP contribution in [0.1, 0.15) is 32.1 Å². The zero-order valence-corrected chi connectivity index (χ0v) is 13.4. The molecule has 0 radical (unpaired) electrons. The molecule has 24 heavy (non-hydrogen) atoms. The van der Waals surface area contributed by atoms with Gasteiger partial charge in [0, 0.05) is 17.7 Å². The molecule has 1 aromatic carbocycles. The predicted molar refractivity (Wildman–Crippen MR) is 91.4 cm³/mol. The zero-order chi connectivity index (χ0) is 16.4. The highest BCUT2D eigenvalue weighted by Crippen LogP contribution is 2.28. The van der Waals surface area contributed by atoms with E-state index < -0.39 is 0 Å². The Morgan fingerprint density at radius 1 is 1.12 bits per heavy atom.